The quantitative estimate of drug-likeness (QED) is 0.933. The van der Waals surface area contributed by atoms with Crippen LogP contribution in [0.1, 0.15) is 33.6 Å². The van der Waals surface area contributed by atoms with E-state index in [1.165, 1.54) is 0 Å². The molecule has 4 heteroatoms. The van der Waals surface area contributed by atoms with Crippen LogP contribution in [0.4, 0.5) is 5.95 Å². The monoisotopic (exact) mass is 295 g/mol. The molecular formula is C13H18BrN3. The average Bonchev–Trinajstić information content (AvgIpc) is 2.64. The molecule has 0 radical (unpaired) electrons. The maximum Gasteiger partial charge on any atom is 0.201 e. The predicted octanol–water partition coefficient (Wildman–Crippen LogP) is 3.92. The van der Waals surface area contributed by atoms with Gasteiger partial charge in [0.15, 0.2) is 0 Å². The van der Waals surface area contributed by atoms with Gasteiger partial charge in [-0.3, -0.25) is 0 Å². The lowest BCUT2D eigenvalue weighted by Crippen LogP contribution is -2.29. The molecule has 0 aliphatic rings. The molecule has 0 saturated heterocycles. The van der Waals surface area contributed by atoms with Crippen LogP contribution in [0, 0.1) is 0 Å². The van der Waals surface area contributed by atoms with E-state index in [4.69, 9.17) is 5.73 Å². The van der Waals surface area contributed by atoms with Gasteiger partial charge >= 0.3 is 0 Å². The van der Waals surface area contributed by atoms with Gasteiger partial charge in [-0.25, -0.2) is 4.98 Å². The highest BCUT2D eigenvalue weighted by Gasteiger charge is 2.26. The van der Waals surface area contributed by atoms with E-state index < -0.39 is 0 Å². The van der Waals surface area contributed by atoms with Crippen molar-refractivity contribution in [2.24, 2.45) is 0 Å². The fourth-order valence-electron chi connectivity index (χ4n) is 2.20. The van der Waals surface area contributed by atoms with Gasteiger partial charge in [0.2, 0.25) is 5.95 Å². The van der Waals surface area contributed by atoms with Crippen molar-refractivity contribution in [1.82, 2.24) is 9.55 Å². The Morgan fingerprint density at radius 1 is 1.35 bits per heavy atom. The van der Waals surface area contributed by atoms with Crippen LogP contribution in [-0.4, -0.2) is 9.55 Å². The smallest absolute Gasteiger partial charge is 0.201 e. The van der Waals surface area contributed by atoms with Crippen molar-refractivity contribution in [3.05, 3.63) is 22.7 Å². The molecule has 0 aliphatic heterocycles. The van der Waals surface area contributed by atoms with Gasteiger partial charge in [-0.15, -0.1) is 0 Å². The number of rotatable bonds is 3. The van der Waals surface area contributed by atoms with Gasteiger partial charge in [0.25, 0.3) is 0 Å². The maximum atomic E-state index is 6.08. The lowest BCUT2D eigenvalue weighted by molar-refractivity contribution is 0.307. The maximum absolute atomic E-state index is 6.08. The number of fused-ring (bicyclic) bond motifs is 1. The second kappa shape index (κ2) is 4.33. The number of halogens is 1. The number of nitrogens with two attached hydrogens (primary N) is 1. The molecule has 1 aromatic carbocycles. The highest BCUT2D eigenvalue weighted by Crippen LogP contribution is 2.33. The van der Waals surface area contributed by atoms with E-state index in [1.54, 1.807) is 0 Å². The summed E-state index contributed by atoms with van der Waals surface area (Å²) in [5.74, 6) is 0.601. The second-order valence-corrected chi connectivity index (χ2v) is 5.56. The molecule has 1 aromatic heterocycles. The van der Waals surface area contributed by atoms with E-state index in [0.29, 0.717) is 5.95 Å². The van der Waals surface area contributed by atoms with Crippen LogP contribution in [-0.2, 0) is 5.54 Å². The number of imidazole rings is 1. The van der Waals surface area contributed by atoms with Crippen molar-refractivity contribution in [3.63, 3.8) is 0 Å². The van der Waals surface area contributed by atoms with Gasteiger partial charge < -0.3 is 10.3 Å². The van der Waals surface area contributed by atoms with E-state index in [1.807, 2.05) is 12.1 Å². The molecule has 0 fully saturated rings. The van der Waals surface area contributed by atoms with Gasteiger partial charge in [0.05, 0.1) is 11.0 Å². The summed E-state index contributed by atoms with van der Waals surface area (Å²) < 4.78 is 3.22. The fourth-order valence-corrected chi connectivity index (χ4v) is 2.55. The highest BCUT2D eigenvalue weighted by atomic mass is 79.9. The number of nitrogen functional groups attached to an aromatic ring is 1. The Balaban J connectivity index is 2.75. The van der Waals surface area contributed by atoms with Gasteiger partial charge in [0, 0.05) is 10.0 Å². The van der Waals surface area contributed by atoms with Crippen LogP contribution in [0.15, 0.2) is 22.7 Å². The van der Waals surface area contributed by atoms with Crippen LogP contribution in [0.3, 0.4) is 0 Å². The van der Waals surface area contributed by atoms with Crippen molar-refractivity contribution in [3.8, 4) is 0 Å². The third-order valence-electron chi connectivity index (χ3n) is 3.71. The number of hydrogen-bond acceptors (Lipinski definition) is 2. The first kappa shape index (κ1) is 12.4. The van der Waals surface area contributed by atoms with Crippen molar-refractivity contribution in [1.29, 1.82) is 0 Å². The van der Waals surface area contributed by atoms with Crippen LogP contribution in [0.5, 0.6) is 0 Å². The number of nitrogens with zero attached hydrogens (tertiary/aromatic N) is 2. The first-order valence-corrected chi connectivity index (χ1v) is 6.75. The molecule has 2 N–H and O–H groups in total. The molecule has 0 saturated carbocycles. The Labute approximate surface area is 110 Å². The molecule has 92 valence electrons. The van der Waals surface area contributed by atoms with E-state index in [-0.39, 0.29) is 5.54 Å². The molecule has 1 heterocycles. The van der Waals surface area contributed by atoms with Gasteiger partial charge in [-0.1, -0.05) is 29.8 Å². The summed E-state index contributed by atoms with van der Waals surface area (Å²) in [5.41, 5.74) is 8.16. The summed E-state index contributed by atoms with van der Waals surface area (Å²) in [7, 11) is 0. The van der Waals surface area contributed by atoms with Crippen LogP contribution < -0.4 is 5.73 Å². The van der Waals surface area contributed by atoms with Crippen molar-refractivity contribution < 1.29 is 0 Å². The van der Waals surface area contributed by atoms with Crippen LogP contribution in [0.2, 0.25) is 0 Å². The average molecular weight is 296 g/mol. The van der Waals surface area contributed by atoms with Gasteiger partial charge in [-0.2, -0.15) is 0 Å². The number of anilines is 1. The summed E-state index contributed by atoms with van der Waals surface area (Å²) in [6.07, 6.45) is 2.07. The van der Waals surface area contributed by atoms with Crippen molar-refractivity contribution in [2.45, 2.75) is 39.2 Å². The predicted molar refractivity (Wildman–Crippen MR) is 76.1 cm³/mol. The number of hydrogen-bond donors (Lipinski definition) is 1. The Morgan fingerprint density at radius 2 is 2.00 bits per heavy atom. The number of aromatic nitrogens is 2. The minimum absolute atomic E-state index is 0.0274. The molecule has 0 atom stereocenters. The zero-order valence-corrected chi connectivity index (χ0v) is 12.1. The fraction of sp³-hybridized carbons (Fsp3) is 0.462. The Bertz CT molecular complexity index is 541. The molecule has 2 rings (SSSR count). The number of benzene rings is 1. The SMILES string of the molecule is CCC(C)(CC)n1c(N)nc2ccc(Br)cc21. The zero-order valence-electron chi connectivity index (χ0n) is 10.5. The molecule has 0 aliphatic carbocycles. The Kier molecular flexibility index (Phi) is 3.17. The van der Waals surface area contributed by atoms with Crippen LogP contribution >= 0.6 is 15.9 Å². The lowest BCUT2D eigenvalue weighted by Gasteiger charge is -2.30. The summed E-state index contributed by atoms with van der Waals surface area (Å²) in [5, 5.41) is 0. The van der Waals surface area contributed by atoms with Gasteiger partial charge in [-0.05, 0) is 38.0 Å². The third kappa shape index (κ3) is 1.95. The minimum Gasteiger partial charge on any atom is -0.369 e. The van der Waals surface area contributed by atoms with Gasteiger partial charge in [0.1, 0.15) is 0 Å². The van der Waals surface area contributed by atoms with E-state index in [9.17, 15) is 0 Å². The van der Waals surface area contributed by atoms with Crippen molar-refractivity contribution >= 4 is 32.9 Å². The molecular weight excluding hydrogens is 278 g/mol. The van der Waals surface area contributed by atoms with E-state index >= 15 is 0 Å². The summed E-state index contributed by atoms with van der Waals surface area (Å²) >= 11 is 3.50. The third-order valence-corrected chi connectivity index (χ3v) is 4.20. The minimum atomic E-state index is 0.0274. The molecule has 0 bridgehead atoms. The van der Waals surface area contributed by atoms with E-state index in [0.717, 1.165) is 28.3 Å². The zero-order chi connectivity index (χ0) is 12.6. The van der Waals surface area contributed by atoms with Crippen molar-refractivity contribution in [2.75, 3.05) is 5.73 Å². The summed E-state index contributed by atoms with van der Waals surface area (Å²) in [6, 6.07) is 6.08. The van der Waals surface area contributed by atoms with Crippen LogP contribution in [0.25, 0.3) is 11.0 Å². The Hall–Kier alpha value is -1.03. The molecule has 0 unspecified atom stereocenters. The second-order valence-electron chi connectivity index (χ2n) is 4.64. The highest BCUT2D eigenvalue weighted by molar-refractivity contribution is 9.10. The summed E-state index contributed by atoms with van der Waals surface area (Å²) in [6.45, 7) is 6.60. The summed E-state index contributed by atoms with van der Waals surface area (Å²) in [4.78, 5) is 4.44. The largest absolute Gasteiger partial charge is 0.369 e. The normalized spacial score (nSPS) is 12.2. The molecule has 17 heavy (non-hydrogen) atoms. The topological polar surface area (TPSA) is 43.8 Å². The Morgan fingerprint density at radius 3 is 2.59 bits per heavy atom. The standard InChI is InChI=1S/C13H18BrN3/c1-4-13(3,5-2)17-11-8-9(14)6-7-10(11)16-12(17)15/h6-8H,4-5H2,1-3H3,(H2,15,16). The molecule has 0 spiro atoms. The first-order chi connectivity index (χ1) is 8.01. The first-order valence-electron chi connectivity index (χ1n) is 5.96. The molecule has 3 nitrogen and oxygen atoms in total. The van der Waals surface area contributed by atoms with E-state index in [2.05, 4.69) is 52.3 Å². The molecule has 0 amide bonds. The molecule has 2 aromatic rings. The lowest BCUT2D eigenvalue weighted by atomic mass is 9.95.